The van der Waals surface area contributed by atoms with Crippen molar-refractivity contribution in [2.75, 3.05) is 0 Å². The van der Waals surface area contributed by atoms with Gasteiger partial charge in [0.2, 0.25) is 0 Å². The van der Waals surface area contributed by atoms with E-state index in [1.165, 1.54) is 0 Å². The molecule has 0 amide bonds. The highest BCUT2D eigenvalue weighted by molar-refractivity contribution is 7.81. The first kappa shape index (κ1) is 11.3. The molecule has 2 heteroatoms. The van der Waals surface area contributed by atoms with Crippen molar-refractivity contribution in [2.24, 2.45) is 0 Å². The van der Waals surface area contributed by atoms with E-state index in [4.69, 9.17) is 12.2 Å². The molecule has 0 saturated carbocycles. The summed E-state index contributed by atoms with van der Waals surface area (Å²) < 4.78 is 0. The van der Waals surface area contributed by atoms with Gasteiger partial charge in [-0.3, -0.25) is 0 Å². The summed E-state index contributed by atoms with van der Waals surface area (Å²) >= 11 is 5.21. The van der Waals surface area contributed by atoms with Crippen molar-refractivity contribution in [2.45, 2.75) is 32.3 Å². The number of aliphatic hydroxyl groups excluding tert-OH is 1. The quantitative estimate of drug-likeness (QED) is 0.593. The number of rotatable bonds is 5. The van der Waals surface area contributed by atoms with Gasteiger partial charge in [-0.15, -0.1) is 0 Å². The molecule has 0 aromatic heterocycles. The summed E-state index contributed by atoms with van der Waals surface area (Å²) in [6, 6.07) is 9.71. The van der Waals surface area contributed by atoms with Crippen LogP contribution in [-0.4, -0.2) is 16.1 Å². The van der Waals surface area contributed by atoms with Crippen LogP contribution in [0, 0.1) is 0 Å². The van der Waals surface area contributed by atoms with Crippen LogP contribution in [0.15, 0.2) is 30.3 Å². The second-order valence-electron chi connectivity index (χ2n) is 3.39. The van der Waals surface area contributed by atoms with Crippen LogP contribution in [0.5, 0.6) is 0 Å². The molecule has 1 N–H and O–H groups in total. The normalized spacial score (nSPS) is 12.4. The first-order valence-corrected chi connectivity index (χ1v) is 5.44. The maximum absolute atomic E-state index is 9.76. The Kier molecular flexibility index (Phi) is 4.77. The minimum atomic E-state index is -0.465. The Balaban J connectivity index is 2.57. The molecule has 0 aliphatic carbocycles. The van der Waals surface area contributed by atoms with Gasteiger partial charge in [0.05, 0.1) is 11.0 Å². The molecule has 0 bridgehead atoms. The van der Waals surface area contributed by atoms with Crippen molar-refractivity contribution >= 4 is 17.1 Å². The number of unbranched alkanes of at least 4 members (excludes halogenated alkanes) is 1. The molecule has 1 aromatic carbocycles. The van der Waals surface area contributed by atoms with Crippen molar-refractivity contribution in [3.05, 3.63) is 35.9 Å². The topological polar surface area (TPSA) is 20.2 Å². The van der Waals surface area contributed by atoms with Gasteiger partial charge in [0.1, 0.15) is 0 Å². The van der Waals surface area contributed by atoms with Gasteiger partial charge in [-0.2, -0.15) is 0 Å². The van der Waals surface area contributed by atoms with E-state index in [0.717, 1.165) is 24.8 Å². The van der Waals surface area contributed by atoms with E-state index in [1.54, 1.807) is 0 Å². The van der Waals surface area contributed by atoms with Crippen LogP contribution in [0.2, 0.25) is 0 Å². The van der Waals surface area contributed by atoms with Crippen LogP contribution >= 0.6 is 12.2 Å². The molecule has 76 valence electrons. The highest BCUT2D eigenvalue weighted by atomic mass is 32.1. The molecule has 0 aliphatic rings. The third kappa shape index (κ3) is 3.20. The summed E-state index contributed by atoms with van der Waals surface area (Å²) in [7, 11) is 0. The zero-order valence-corrected chi connectivity index (χ0v) is 9.26. The number of hydrogen-bond acceptors (Lipinski definition) is 2. The molecule has 0 saturated heterocycles. The fourth-order valence-electron chi connectivity index (χ4n) is 1.32. The number of hydrogen-bond donors (Lipinski definition) is 1. The lowest BCUT2D eigenvalue weighted by Crippen LogP contribution is -2.18. The molecule has 14 heavy (non-hydrogen) atoms. The molecule has 1 nitrogen and oxygen atoms in total. The third-order valence-electron chi connectivity index (χ3n) is 2.19. The van der Waals surface area contributed by atoms with Gasteiger partial charge >= 0.3 is 0 Å². The first-order valence-electron chi connectivity index (χ1n) is 5.03. The van der Waals surface area contributed by atoms with E-state index in [9.17, 15) is 5.11 Å². The van der Waals surface area contributed by atoms with Crippen molar-refractivity contribution in [3.63, 3.8) is 0 Å². The predicted octanol–water partition coefficient (Wildman–Crippen LogP) is 2.96. The minimum absolute atomic E-state index is 0.465. The Hall–Kier alpha value is -0.730. The zero-order valence-electron chi connectivity index (χ0n) is 8.44. The molecule has 1 unspecified atom stereocenters. The summed E-state index contributed by atoms with van der Waals surface area (Å²) in [4.78, 5) is 0.666. The van der Waals surface area contributed by atoms with E-state index in [1.807, 2.05) is 30.3 Å². The zero-order chi connectivity index (χ0) is 10.4. The van der Waals surface area contributed by atoms with Crippen LogP contribution < -0.4 is 0 Å². The summed E-state index contributed by atoms with van der Waals surface area (Å²) in [5.74, 6) is 0. The lowest BCUT2D eigenvalue weighted by atomic mass is 10.0. The molecular weight excluding hydrogens is 192 g/mol. The van der Waals surface area contributed by atoms with Crippen molar-refractivity contribution in [1.82, 2.24) is 0 Å². The van der Waals surface area contributed by atoms with Gasteiger partial charge in [-0.05, 0) is 12.0 Å². The van der Waals surface area contributed by atoms with Crippen molar-refractivity contribution in [1.29, 1.82) is 0 Å². The Morgan fingerprint density at radius 3 is 2.57 bits per heavy atom. The lowest BCUT2D eigenvalue weighted by molar-refractivity contribution is 0.230. The van der Waals surface area contributed by atoms with Crippen LogP contribution in [0.25, 0.3) is 0 Å². The van der Waals surface area contributed by atoms with E-state index in [-0.39, 0.29) is 0 Å². The average Bonchev–Trinajstić information content (AvgIpc) is 2.26. The highest BCUT2D eigenvalue weighted by Crippen LogP contribution is 2.10. The Labute approximate surface area is 90.8 Å². The second-order valence-corrected chi connectivity index (χ2v) is 3.83. The predicted molar refractivity (Wildman–Crippen MR) is 63.7 cm³/mol. The first-order chi connectivity index (χ1) is 6.75. The Morgan fingerprint density at radius 2 is 2.00 bits per heavy atom. The van der Waals surface area contributed by atoms with Crippen LogP contribution in [0.3, 0.4) is 0 Å². The maximum Gasteiger partial charge on any atom is 0.0896 e. The number of benzene rings is 1. The highest BCUT2D eigenvalue weighted by Gasteiger charge is 2.11. The molecule has 0 radical (unpaired) electrons. The molecule has 1 aromatic rings. The van der Waals surface area contributed by atoms with E-state index in [0.29, 0.717) is 4.86 Å². The summed E-state index contributed by atoms with van der Waals surface area (Å²) in [5.41, 5.74) is 0.964. The van der Waals surface area contributed by atoms with E-state index < -0.39 is 6.10 Å². The molecule has 1 rings (SSSR count). The van der Waals surface area contributed by atoms with Gasteiger partial charge in [0, 0.05) is 0 Å². The maximum atomic E-state index is 9.76. The fourth-order valence-corrected chi connectivity index (χ4v) is 1.58. The smallest absolute Gasteiger partial charge is 0.0896 e. The van der Waals surface area contributed by atoms with Crippen LogP contribution in [-0.2, 0) is 0 Å². The van der Waals surface area contributed by atoms with Gasteiger partial charge < -0.3 is 5.11 Å². The molecule has 0 aliphatic heterocycles. The second kappa shape index (κ2) is 5.89. The van der Waals surface area contributed by atoms with E-state index >= 15 is 0 Å². The standard InChI is InChI=1S/C12H16OS/c1-2-3-9-11(13)12(14)10-7-5-4-6-8-10/h4-8,11,13H,2-3,9H2,1H3. The van der Waals surface area contributed by atoms with Crippen LogP contribution in [0.1, 0.15) is 31.7 Å². The number of aliphatic hydroxyl groups is 1. The Morgan fingerprint density at radius 1 is 1.36 bits per heavy atom. The fraction of sp³-hybridized carbons (Fsp3) is 0.417. The van der Waals surface area contributed by atoms with Gasteiger partial charge in [-0.25, -0.2) is 0 Å². The third-order valence-corrected chi connectivity index (χ3v) is 2.70. The monoisotopic (exact) mass is 208 g/mol. The summed E-state index contributed by atoms with van der Waals surface area (Å²) in [6.07, 6.45) is 2.42. The Bertz CT molecular complexity index is 282. The molecule has 0 spiro atoms. The average molecular weight is 208 g/mol. The summed E-state index contributed by atoms with van der Waals surface area (Å²) in [6.45, 7) is 2.11. The van der Waals surface area contributed by atoms with Crippen molar-refractivity contribution < 1.29 is 5.11 Å². The molecular formula is C12H16OS. The largest absolute Gasteiger partial charge is 0.388 e. The van der Waals surface area contributed by atoms with Crippen molar-refractivity contribution in [3.8, 4) is 0 Å². The SMILES string of the molecule is CCCCC(O)C(=S)c1ccccc1. The summed E-state index contributed by atoms with van der Waals surface area (Å²) in [5, 5.41) is 9.76. The van der Waals surface area contributed by atoms with Gasteiger partial charge in [0.25, 0.3) is 0 Å². The number of thiocarbonyl (C=S) groups is 1. The molecule has 0 heterocycles. The molecule has 0 fully saturated rings. The molecule has 1 atom stereocenters. The minimum Gasteiger partial charge on any atom is -0.388 e. The lowest BCUT2D eigenvalue weighted by Gasteiger charge is -2.11. The van der Waals surface area contributed by atoms with Gasteiger partial charge in [0.15, 0.2) is 0 Å². The van der Waals surface area contributed by atoms with Gasteiger partial charge in [-0.1, -0.05) is 62.3 Å². The van der Waals surface area contributed by atoms with Crippen LogP contribution in [0.4, 0.5) is 0 Å². The van der Waals surface area contributed by atoms with E-state index in [2.05, 4.69) is 6.92 Å².